The first kappa shape index (κ1) is 6.66. The van der Waals surface area contributed by atoms with E-state index in [1.807, 2.05) is 0 Å². The summed E-state index contributed by atoms with van der Waals surface area (Å²) in [5.41, 5.74) is 6.82. The molecule has 1 aliphatic rings. The molecule has 0 radical (unpaired) electrons. The van der Waals surface area contributed by atoms with Gasteiger partial charge in [-0.15, -0.1) is 0 Å². The van der Waals surface area contributed by atoms with Crippen molar-refractivity contribution >= 4 is 0 Å². The summed E-state index contributed by atoms with van der Waals surface area (Å²) in [6.45, 7) is 4.47. The first-order chi connectivity index (χ1) is 4.22. The summed E-state index contributed by atoms with van der Waals surface area (Å²) >= 11 is 0. The monoisotopic (exact) mass is 125 g/mol. The molecule has 0 spiro atoms. The third kappa shape index (κ3) is 1.26. The Morgan fingerprint density at radius 3 is 2.67 bits per heavy atom. The quantitative estimate of drug-likeness (QED) is 0.525. The zero-order valence-corrected chi connectivity index (χ0v) is 6.22. The molecule has 0 saturated carbocycles. The molecular formula is C8H15N. The molecule has 2 unspecified atom stereocenters. The summed E-state index contributed by atoms with van der Waals surface area (Å²) in [5.74, 6) is 1.40. The van der Waals surface area contributed by atoms with E-state index < -0.39 is 0 Å². The van der Waals surface area contributed by atoms with E-state index in [1.165, 1.54) is 12.8 Å². The van der Waals surface area contributed by atoms with Crippen molar-refractivity contribution in [3.05, 3.63) is 11.8 Å². The van der Waals surface area contributed by atoms with Crippen LogP contribution >= 0.6 is 0 Å². The Kier molecular flexibility index (Phi) is 1.79. The lowest BCUT2D eigenvalue weighted by Gasteiger charge is -2.24. The second-order valence-electron chi connectivity index (χ2n) is 3.05. The number of hydrogen-bond acceptors (Lipinski definition) is 1. The zero-order valence-electron chi connectivity index (χ0n) is 6.22. The lowest BCUT2D eigenvalue weighted by atomic mass is 9.84. The lowest BCUT2D eigenvalue weighted by Crippen LogP contribution is -2.19. The van der Waals surface area contributed by atoms with Crippen LogP contribution in [0.5, 0.6) is 0 Å². The number of allylic oxidation sites excluding steroid dienone is 2. The fourth-order valence-electron chi connectivity index (χ4n) is 1.28. The van der Waals surface area contributed by atoms with Gasteiger partial charge in [0.1, 0.15) is 0 Å². The first-order valence-corrected chi connectivity index (χ1v) is 3.67. The lowest BCUT2D eigenvalue weighted by molar-refractivity contribution is 0.390. The van der Waals surface area contributed by atoms with Gasteiger partial charge in [-0.25, -0.2) is 0 Å². The molecule has 9 heavy (non-hydrogen) atoms. The summed E-state index contributed by atoms with van der Waals surface area (Å²) < 4.78 is 0. The van der Waals surface area contributed by atoms with Crippen LogP contribution in [0.25, 0.3) is 0 Å². The van der Waals surface area contributed by atoms with E-state index in [0.29, 0.717) is 5.92 Å². The first-order valence-electron chi connectivity index (χ1n) is 3.67. The van der Waals surface area contributed by atoms with Gasteiger partial charge in [0.2, 0.25) is 0 Å². The van der Waals surface area contributed by atoms with Gasteiger partial charge in [-0.05, 0) is 24.7 Å². The van der Waals surface area contributed by atoms with Gasteiger partial charge in [0.15, 0.2) is 0 Å². The molecule has 0 aromatic carbocycles. The highest BCUT2D eigenvalue weighted by Gasteiger charge is 2.17. The summed E-state index contributed by atoms with van der Waals surface area (Å²) in [4.78, 5) is 0. The fourth-order valence-corrected chi connectivity index (χ4v) is 1.28. The van der Waals surface area contributed by atoms with Gasteiger partial charge in [-0.3, -0.25) is 0 Å². The van der Waals surface area contributed by atoms with E-state index >= 15 is 0 Å². The van der Waals surface area contributed by atoms with Crippen LogP contribution in [0.3, 0.4) is 0 Å². The minimum Gasteiger partial charge on any atom is -0.402 e. The van der Waals surface area contributed by atoms with Crippen LogP contribution in [0.4, 0.5) is 0 Å². The molecule has 0 fully saturated rings. The van der Waals surface area contributed by atoms with Crippen molar-refractivity contribution in [3.63, 3.8) is 0 Å². The Morgan fingerprint density at radius 2 is 2.22 bits per heavy atom. The average molecular weight is 125 g/mol. The molecule has 1 heteroatoms. The molecule has 1 rings (SSSR count). The highest BCUT2D eigenvalue weighted by molar-refractivity contribution is 5.05. The Bertz CT molecular complexity index is 127. The van der Waals surface area contributed by atoms with E-state index in [2.05, 4.69) is 19.9 Å². The Hall–Kier alpha value is -0.460. The third-order valence-electron chi connectivity index (χ3n) is 2.38. The highest BCUT2D eigenvalue weighted by atomic mass is 14.6. The molecule has 2 N–H and O–H groups in total. The van der Waals surface area contributed by atoms with E-state index in [0.717, 1.165) is 11.6 Å². The van der Waals surface area contributed by atoms with Gasteiger partial charge in [0.05, 0.1) is 0 Å². The molecule has 1 nitrogen and oxygen atoms in total. The van der Waals surface area contributed by atoms with Crippen LogP contribution in [0.1, 0.15) is 26.7 Å². The number of rotatable bonds is 0. The standard InChI is InChI=1S/C8H15N/c1-6-4-3-5-8(9)7(6)2/h5-7H,3-4,9H2,1-2H3. The van der Waals surface area contributed by atoms with Crippen molar-refractivity contribution < 1.29 is 0 Å². The van der Waals surface area contributed by atoms with E-state index in [-0.39, 0.29) is 0 Å². The minimum atomic E-state index is 0.610. The smallest absolute Gasteiger partial charge is 0.00713 e. The van der Waals surface area contributed by atoms with Crippen molar-refractivity contribution in [1.82, 2.24) is 0 Å². The van der Waals surface area contributed by atoms with Gasteiger partial charge in [-0.2, -0.15) is 0 Å². The molecule has 0 aromatic heterocycles. The third-order valence-corrected chi connectivity index (χ3v) is 2.38. The summed E-state index contributed by atoms with van der Waals surface area (Å²) in [6, 6.07) is 0. The predicted octanol–water partition coefficient (Wildman–Crippen LogP) is 1.90. The maximum Gasteiger partial charge on any atom is 0.00713 e. The van der Waals surface area contributed by atoms with Crippen LogP contribution in [0.2, 0.25) is 0 Å². The maximum atomic E-state index is 5.73. The highest BCUT2D eigenvalue weighted by Crippen LogP contribution is 2.26. The average Bonchev–Trinajstić information content (AvgIpc) is 1.83. The van der Waals surface area contributed by atoms with Gasteiger partial charge < -0.3 is 5.73 Å². The van der Waals surface area contributed by atoms with Crippen LogP contribution in [-0.4, -0.2) is 0 Å². The van der Waals surface area contributed by atoms with Crippen LogP contribution in [-0.2, 0) is 0 Å². The molecule has 52 valence electrons. The van der Waals surface area contributed by atoms with Gasteiger partial charge >= 0.3 is 0 Å². The van der Waals surface area contributed by atoms with E-state index in [4.69, 9.17) is 5.73 Å². The molecule has 1 aliphatic carbocycles. The molecule has 0 aliphatic heterocycles. The van der Waals surface area contributed by atoms with Crippen LogP contribution < -0.4 is 5.73 Å². The van der Waals surface area contributed by atoms with Crippen LogP contribution in [0.15, 0.2) is 11.8 Å². The van der Waals surface area contributed by atoms with Gasteiger partial charge in [-0.1, -0.05) is 19.9 Å². The van der Waals surface area contributed by atoms with Gasteiger partial charge in [0, 0.05) is 5.70 Å². The maximum absolute atomic E-state index is 5.73. The second kappa shape index (κ2) is 2.42. The second-order valence-corrected chi connectivity index (χ2v) is 3.05. The predicted molar refractivity (Wildman–Crippen MR) is 39.8 cm³/mol. The topological polar surface area (TPSA) is 26.0 Å². The van der Waals surface area contributed by atoms with Crippen molar-refractivity contribution in [2.45, 2.75) is 26.7 Å². The normalized spacial score (nSPS) is 36.0. The molecule has 0 bridgehead atoms. The van der Waals surface area contributed by atoms with E-state index in [9.17, 15) is 0 Å². The Labute approximate surface area is 56.9 Å². The minimum absolute atomic E-state index is 0.610. The molecule has 0 aromatic rings. The SMILES string of the molecule is CC1CCC=C(N)C1C. The summed E-state index contributed by atoms with van der Waals surface area (Å²) in [5, 5.41) is 0. The number of nitrogens with two attached hydrogens (primary N) is 1. The number of hydrogen-bond donors (Lipinski definition) is 1. The van der Waals surface area contributed by atoms with Crippen molar-refractivity contribution in [2.24, 2.45) is 17.6 Å². The summed E-state index contributed by atoms with van der Waals surface area (Å²) in [6.07, 6.45) is 4.64. The summed E-state index contributed by atoms with van der Waals surface area (Å²) in [7, 11) is 0. The largest absolute Gasteiger partial charge is 0.402 e. The van der Waals surface area contributed by atoms with E-state index in [1.54, 1.807) is 0 Å². The molecule has 0 saturated heterocycles. The van der Waals surface area contributed by atoms with Crippen molar-refractivity contribution in [1.29, 1.82) is 0 Å². The van der Waals surface area contributed by atoms with Crippen molar-refractivity contribution in [2.75, 3.05) is 0 Å². The molecular weight excluding hydrogens is 110 g/mol. The van der Waals surface area contributed by atoms with Gasteiger partial charge in [0.25, 0.3) is 0 Å². The Balaban J connectivity index is 2.62. The molecule has 0 heterocycles. The fraction of sp³-hybridized carbons (Fsp3) is 0.750. The molecule has 0 amide bonds. The van der Waals surface area contributed by atoms with Crippen molar-refractivity contribution in [3.8, 4) is 0 Å². The molecule has 2 atom stereocenters. The Morgan fingerprint density at radius 1 is 1.56 bits per heavy atom. The zero-order chi connectivity index (χ0) is 6.85. The van der Waals surface area contributed by atoms with Crippen LogP contribution in [0, 0.1) is 11.8 Å².